The van der Waals surface area contributed by atoms with E-state index in [1.165, 1.54) is 47.4 Å². The lowest BCUT2D eigenvalue weighted by Gasteiger charge is -1.95. The Hall–Kier alpha value is -1.99. The van der Waals surface area contributed by atoms with E-state index in [-0.39, 0.29) is 11.7 Å². The predicted octanol–water partition coefficient (Wildman–Crippen LogP) is 3.61. The molecule has 1 aromatic carbocycles. The van der Waals surface area contributed by atoms with Gasteiger partial charge < -0.3 is 0 Å². The molecule has 0 fully saturated rings. The summed E-state index contributed by atoms with van der Waals surface area (Å²) in [7, 11) is 0. The number of nitrogens with zero attached hydrogens (tertiary/aromatic N) is 2. The van der Waals surface area contributed by atoms with Crippen LogP contribution in [-0.2, 0) is 4.79 Å². The van der Waals surface area contributed by atoms with E-state index in [0.717, 1.165) is 10.1 Å². The number of hydrogen-bond acceptors (Lipinski definition) is 5. The number of nitrogens with one attached hydrogen (secondary N) is 1. The van der Waals surface area contributed by atoms with Crippen LogP contribution in [0.5, 0.6) is 0 Å². The summed E-state index contributed by atoms with van der Waals surface area (Å²) in [6.45, 7) is 3.62. The van der Waals surface area contributed by atoms with Crippen molar-refractivity contribution >= 4 is 40.2 Å². The molecule has 1 N–H and O–H groups in total. The second-order valence-electron chi connectivity index (χ2n) is 3.85. The molecule has 0 bridgehead atoms. The van der Waals surface area contributed by atoms with E-state index in [1.54, 1.807) is 18.2 Å². The number of rotatable bonds is 6. The van der Waals surface area contributed by atoms with Crippen molar-refractivity contribution in [3.05, 3.63) is 54.4 Å². The molecular weight excluding hydrogens is 309 g/mol. The zero-order chi connectivity index (χ0) is 15.1. The molecule has 0 aliphatic heterocycles. The van der Waals surface area contributed by atoms with Crippen LogP contribution in [0, 0.1) is 5.82 Å². The zero-order valence-electron chi connectivity index (χ0n) is 11.0. The minimum atomic E-state index is -0.342. The molecule has 1 heterocycles. The first kappa shape index (κ1) is 15.4. The maximum Gasteiger partial charge on any atom is 0.250 e. The van der Waals surface area contributed by atoms with Crippen LogP contribution >= 0.6 is 23.1 Å². The lowest BCUT2D eigenvalue weighted by molar-refractivity contribution is -0.111. The number of halogens is 1. The first-order valence-electron chi connectivity index (χ1n) is 5.99. The van der Waals surface area contributed by atoms with Crippen molar-refractivity contribution in [1.29, 1.82) is 0 Å². The van der Waals surface area contributed by atoms with Gasteiger partial charge in [0.15, 0.2) is 4.34 Å². The van der Waals surface area contributed by atoms with Gasteiger partial charge in [-0.15, -0.1) is 16.8 Å². The second-order valence-corrected chi connectivity index (χ2v) is 6.10. The molecule has 7 heteroatoms. The number of amides is 1. The standard InChI is InChI=1S/C14H12FN3OS2/c1-2-8-20-14-18-17-13(21-14)16-12(19)7-6-10-4-3-5-11(15)9-10/h2-7,9H,1,8H2,(H,16,17,19)/b7-6+. The summed E-state index contributed by atoms with van der Waals surface area (Å²) in [5, 5.41) is 10.8. The van der Waals surface area contributed by atoms with Crippen molar-refractivity contribution < 1.29 is 9.18 Å². The monoisotopic (exact) mass is 321 g/mol. The van der Waals surface area contributed by atoms with Gasteiger partial charge in [-0.2, -0.15) is 0 Å². The van der Waals surface area contributed by atoms with Crippen molar-refractivity contribution in [3.8, 4) is 0 Å². The molecule has 0 saturated carbocycles. The predicted molar refractivity (Wildman–Crippen MR) is 84.9 cm³/mol. The average Bonchev–Trinajstić information content (AvgIpc) is 2.90. The molecule has 2 aromatic rings. The van der Waals surface area contributed by atoms with Gasteiger partial charge in [0.25, 0.3) is 0 Å². The minimum absolute atomic E-state index is 0.337. The van der Waals surface area contributed by atoms with Crippen molar-refractivity contribution in [2.75, 3.05) is 11.1 Å². The number of hydrogen-bond donors (Lipinski definition) is 1. The molecule has 2 rings (SSSR count). The van der Waals surface area contributed by atoms with E-state index >= 15 is 0 Å². The van der Waals surface area contributed by atoms with Crippen LogP contribution in [-0.4, -0.2) is 21.9 Å². The highest BCUT2D eigenvalue weighted by molar-refractivity contribution is 8.01. The van der Waals surface area contributed by atoms with Gasteiger partial charge in [-0.25, -0.2) is 4.39 Å². The average molecular weight is 321 g/mol. The summed E-state index contributed by atoms with van der Waals surface area (Å²) in [5.41, 5.74) is 0.615. The van der Waals surface area contributed by atoms with E-state index < -0.39 is 0 Å². The summed E-state index contributed by atoms with van der Waals surface area (Å²) in [5.74, 6) is 0.0587. The second kappa shape index (κ2) is 7.70. The van der Waals surface area contributed by atoms with Crippen LogP contribution in [0.1, 0.15) is 5.56 Å². The fraction of sp³-hybridized carbons (Fsp3) is 0.0714. The first-order valence-corrected chi connectivity index (χ1v) is 7.79. The summed E-state index contributed by atoms with van der Waals surface area (Å²) in [4.78, 5) is 11.7. The van der Waals surface area contributed by atoms with Crippen LogP contribution in [0.3, 0.4) is 0 Å². The fourth-order valence-corrected chi connectivity index (χ4v) is 2.89. The Morgan fingerprint density at radius 2 is 2.33 bits per heavy atom. The molecule has 0 saturated heterocycles. The smallest absolute Gasteiger partial charge is 0.250 e. The molecule has 1 aromatic heterocycles. The number of thioether (sulfide) groups is 1. The Kier molecular flexibility index (Phi) is 5.65. The number of aromatic nitrogens is 2. The van der Waals surface area contributed by atoms with Gasteiger partial charge in [0, 0.05) is 11.8 Å². The molecule has 0 radical (unpaired) electrons. The lowest BCUT2D eigenvalue weighted by Crippen LogP contribution is -2.07. The molecule has 1 amide bonds. The van der Waals surface area contributed by atoms with E-state index in [0.29, 0.717) is 10.7 Å². The highest BCUT2D eigenvalue weighted by Crippen LogP contribution is 2.25. The maximum absolute atomic E-state index is 13.0. The molecule has 0 unspecified atom stereocenters. The third kappa shape index (κ3) is 5.13. The van der Waals surface area contributed by atoms with Gasteiger partial charge in [0.2, 0.25) is 11.0 Å². The third-order valence-corrected chi connectivity index (χ3v) is 4.20. The number of benzene rings is 1. The Labute approximate surface area is 129 Å². The van der Waals surface area contributed by atoms with E-state index in [2.05, 4.69) is 22.1 Å². The van der Waals surface area contributed by atoms with Crippen LogP contribution in [0.4, 0.5) is 9.52 Å². The van der Waals surface area contributed by atoms with Gasteiger partial charge in [-0.05, 0) is 23.8 Å². The SMILES string of the molecule is C=CCSc1nnc(NC(=O)/C=C/c2cccc(F)c2)s1. The van der Waals surface area contributed by atoms with Gasteiger partial charge in [0.1, 0.15) is 5.82 Å². The van der Waals surface area contributed by atoms with Gasteiger partial charge in [-0.3, -0.25) is 10.1 Å². The van der Waals surface area contributed by atoms with Gasteiger partial charge in [0.05, 0.1) is 0 Å². The molecule has 0 atom stereocenters. The van der Waals surface area contributed by atoms with E-state index in [1.807, 2.05) is 0 Å². The summed E-state index contributed by atoms with van der Waals surface area (Å²) in [6.07, 6.45) is 4.63. The van der Waals surface area contributed by atoms with Crippen LogP contribution < -0.4 is 5.32 Å². The molecule has 0 aliphatic carbocycles. The van der Waals surface area contributed by atoms with Gasteiger partial charge >= 0.3 is 0 Å². The lowest BCUT2D eigenvalue weighted by atomic mass is 10.2. The molecular formula is C14H12FN3OS2. The largest absolute Gasteiger partial charge is 0.297 e. The molecule has 0 aliphatic rings. The Balaban J connectivity index is 1.92. The van der Waals surface area contributed by atoms with Crippen LogP contribution in [0.25, 0.3) is 6.08 Å². The zero-order valence-corrected chi connectivity index (χ0v) is 12.6. The van der Waals surface area contributed by atoms with Gasteiger partial charge in [-0.1, -0.05) is 41.3 Å². The van der Waals surface area contributed by atoms with Crippen LogP contribution in [0.2, 0.25) is 0 Å². The van der Waals surface area contributed by atoms with E-state index in [9.17, 15) is 9.18 Å². The van der Waals surface area contributed by atoms with Crippen LogP contribution in [0.15, 0.2) is 47.3 Å². The van der Waals surface area contributed by atoms with Crippen molar-refractivity contribution in [2.45, 2.75) is 4.34 Å². The molecule has 4 nitrogen and oxygen atoms in total. The summed E-state index contributed by atoms with van der Waals surface area (Å²) < 4.78 is 13.7. The van der Waals surface area contributed by atoms with E-state index in [4.69, 9.17) is 0 Å². The molecule has 0 spiro atoms. The summed E-state index contributed by atoms with van der Waals surface area (Å²) >= 11 is 2.79. The highest BCUT2D eigenvalue weighted by atomic mass is 32.2. The topological polar surface area (TPSA) is 54.9 Å². The van der Waals surface area contributed by atoms with Crippen molar-refractivity contribution in [2.24, 2.45) is 0 Å². The van der Waals surface area contributed by atoms with Crippen molar-refractivity contribution in [1.82, 2.24) is 10.2 Å². The molecule has 21 heavy (non-hydrogen) atoms. The normalized spacial score (nSPS) is 10.7. The maximum atomic E-state index is 13.0. The minimum Gasteiger partial charge on any atom is -0.297 e. The Bertz CT molecular complexity index is 670. The third-order valence-electron chi connectivity index (χ3n) is 2.24. The number of carbonyl (C=O) groups excluding carboxylic acids is 1. The first-order chi connectivity index (χ1) is 10.2. The number of carbonyl (C=O) groups is 1. The molecule has 108 valence electrons. The highest BCUT2D eigenvalue weighted by Gasteiger charge is 2.06. The Morgan fingerprint density at radius 3 is 3.10 bits per heavy atom. The quantitative estimate of drug-likeness (QED) is 0.382. The summed E-state index contributed by atoms with van der Waals surface area (Å²) in [6, 6.07) is 5.99. The fourth-order valence-electron chi connectivity index (χ4n) is 1.38. The Morgan fingerprint density at radius 1 is 1.48 bits per heavy atom. The number of anilines is 1. The van der Waals surface area contributed by atoms with Crippen molar-refractivity contribution in [3.63, 3.8) is 0 Å².